The van der Waals surface area contributed by atoms with Gasteiger partial charge in [-0.3, -0.25) is 5.10 Å². The highest BCUT2D eigenvalue weighted by molar-refractivity contribution is 7.80. The summed E-state index contributed by atoms with van der Waals surface area (Å²) in [5, 5.41) is 8.18. The Bertz CT molecular complexity index is 1250. The summed E-state index contributed by atoms with van der Waals surface area (Å²) in [7, 11) is 0. The zero-order chi connectivity index (χ0) is 22.5. The zero-order valence-electron chi connectivity index (χ0n) is 18.1. The van der Waals surface area contributed by atoms with E-state index >= 15 is 0 Å². The number of morpholine rings is 1. The van der Waals surface area contributed by atoms with Crippen LogP contribution in [0.4, 0.5) is 5.82 Å². The van der Waals surface area contributed by atoms with Crippen LogP contribution < -0.4 is 4.90 Å². The summed E-state index contributed by atoms with van der Waals surface area (Å²) in [5.74, 6) is 1.46. The third-order valence-corrected chi connectivity index (χ3v) is 5.96. The predicted molar refractivity (Wildman–Crippen MR) is 133 cm³/mol. The molecule has 33 heavy (non-hydrogen) atoms. The van der Waals surface area contributed by atoms with E-state index in [-0.39, 0.29) is 0 Å². The average molecular weight is 460 g/mol. The number of aromatic nitrogens is 4. The highest BCUT2D eigenvalue weighted by atomic mass is 32.1. The summed E-state index contributed by atoms with van der Waals surface area (Å²) >= 11 is 4.81. The Morgan fingerprint density at radius 1 is 1.06 bits per heavy atom. The van der Waals surface area contributed by atoms with Gasteiger partial charge in [-0.2, -0.15) is 5.10 Å². The topological polar surface area (TPSA) is 76.2 Å². The molecule has 0 spiro atoms. The number of nitrogens with one attached hydrogen (secondary N) is 1. The second-order valence-electron chi connectivity index (χ2n) is 7.74. The van der Waals surface area contributed by atoms with Crippen LogP contribution in [0.3, 0.4) is 0 Å². The molecule has 0 amide bonds. The van der Waals surface area contributed by atoms with Crippen LogP contribution in [-0.4, -0.2) is 53.1 Å². The highest BCUT2D eigenvalue weighted by Gasteiger charge is 2.20. The molecule has 1 aliphatic heterocycles. The van der Waals surface area contributed by atoms with E-state index in [4.69, 9.17) is 32.1 Å². The molecule has 0 radical (unpaired) electrons. The maximum absolute atomic E-state index is 5.80. The van der Waals surface area contributed by atoms with Crippen molar-refractivity contribution in [2.24, 2.45) is 0 Å². The molecular formula is C25H25N5O2S. The first kappa shape index (κ1) is 21.6. The molecule has 3 heterocycles. The number of thiol groups is 1. The monoisotopic (exact) mass is 459 g/mol. The van der Waals surface area contributed by atoms with Gasteiger partial charge in [-0.1, -0.05) is 48.5 Å². The maximum Gasteiger partial charge on any atom is 0.162 e. The number of hydrogen-bond acceptors (Lipinski definition) is 7. The molecule has 0 aliphatic carbocycles. The van der Waals surface area contributed by atoms with E-state index in [1.165, 1.54) is 0 Å². The number of hydrogen-bond donors (Lipinski definition) is 2. The lowest BCUT2D eigenvalue weighted by Crippen LogP contribution is -2.37. The van der Waals surface area contributed by atoms with E-state index in [1.54, 1.807) is 0 Å². The number of ether oxygens (including phenoxy) is 2. The normalized spacial score (nSPS) is 14.4. The van der Waals surface area contributed by atoms with Gasteiger partial charge in [0.2, 0.25) is 0 Å². The van der Waals surface area contributed by atoms with E-state index in [0.717, 1.165) is 51.5 Å². The van der Waals surface area contributed by atoms with Crippen LogP contribution in [0.1, 0.15) is 11.3 Å². The molecule has 5 rings (SSSR count). The summed E-state index contributed by atoms with van der Waals surface area (Å²) in [6.07, 6.45) is 5.73. The second-order valence-corrected chi connectivity index (χ2v) is 8.19. The number of rotatable bonds is 7. The number of anilines is 1. The van der Waals surface area contributed by atoms with Gasteiger partial charge in [-0.15, -0.1) is 12.6 Å². The lowest BCUT2D eigenvalue weighted by atomic mass is 10.1. The average Bonchev–Trinajstić information content (AvgIpc) is 3.35. The maximum atomic E-state index is 5.80. The fraction of sp³-hybridized carbons (Fsp3) is 0.240. The lowest BCUT2D eigenvalue weighted by Gasteiger charge is -2.29. The van der Waals surface area contributed by atoms with Crippen molar-refractivity contribution in [3.63, 3.8) is 0 Å². The summed E-state index contributed by atoms with van der Waals surface area (Å²) in [6.45, 7) is 3.92. The second kappa shape index (κ2) is 10.2. The summed E-state index contributed by atoms with van der Waals surface area (Å²) < 4.78 is 11.3. The number of aromatic amines is 1. The van der Waals surface area contributed by atoms with Crippen molar-refractivity contribution in [1.29, 1.82) is 0 Å². The van der Waals surface area contributed by atoms with Crippen LogP contribution in [-0.2, 0) is 16.1 Å². The highest BCUT2D eigenvalue weighted by Crippen LogP contribution is 2.32. The third-order valence-electron chi connectivity index (χ3n) is 5.53. The minimum absolute atomic E-state index is 0.478. The van der Waals surface area contributed by atoms with Gasteiger partial charge in [0.1, 0.15) is 5.82 Å². The van der Waals surface area contributed by atoms with Crippen molar-refractivity contribution in [3.05, 3.63) is 72.1 Å². The molecular weight excluding hydrogens is 434 g/mol. The van der Waals surface area contributed by atoms with Crippen LogP contribution in [0.5, 0.6) is 0 Å². The van der Waals surface area contributed by atoms with Gasteiger partial charge in [0, 0.05) is 24.0 Å². The first-order chi connectivity index (χ1) is 16.3. The van der Waals surface area contributed by atoms with Crippen molar-refractivity contribution in [1.82, 2.24) is 20.2 Å². The SMILES string of the molecule is Sc1c(/C=C/COCc2ccccc2)nc(-c2cccc3[nH]ncc23)nc1N1CCOCC1. The fourth-order valence-corrected chi connectivity index (χ4v) is 4.15. The molecule has 7 nitrogen and oxygen atoms in total. The minimum Gasteiger partial charge on any atom is -0.378 e. The molecule has 1 N–H and O–H groups in total. The molecule has 1 aliphatic rings. The smallest absolute Gasteiger partial charge is 0.162 e. The van der Waals surface area contributed by atoms with Gasteiger partial charge in [-0.05, 0) is 17.7 Å². The number of H-pyrrole nitrogens is 1. The van der Waals surface area contributed by atoms with Crippen molar-refractivity contribution >= 4 is 35.4 Å². The van der Waals surface area contributed by atoms with Crippen LogP contribution in [0.15, 0.2) is 65.7 Å². The summed E-state index contributed by atoms with van der Waals surface area (Å²) in [6, 6.07) is 16.1. The van der Waals surface area contributed by atoms with Gasteiger partial charge in [0.05, 0.1) is 48.7 Å². The van der Waals surface area contributed by atoms with Gasteiger partial charge in [0.25, 0.3) is 0 Å². The Morgan fingerprint density at radius 3 is 2.76 bits per heavy atom. The van der Waals surface area contributed by atoms with Crippen LogP contribution in [0.25, 0.3) is 28.4 Å². The van der Waals surface area contributed by atoms with Crippen LogP contribution >= 0.6 is 12.6 Å². The molecule has 1 fully saturated rings. The summed E-state index contributed by atoms with van der Waals surface area (Å²) in [4.78, 5) is 12.7. The van der Waals surface area contributed by atoms with Crippen molar-refractivity contribution in [2.75, 3.05) is 37.8 Å². The molecule has 4 aromatic rings. The molecule has 0 saturated carbocycles. The van der Waals surface area contributed by atoms with E-state index in [1.807, 2.05) is 54.7 Å². The van der Waals surface area contributed by atoms with Gasteiger partial charge >= 0.3 is 0 Å². The van der Waals surface area contributed by atoms with Crippen molar-refractivity contribution in [3.8, 4) is 11.4 Å². The van der Waals surface area contributed by atoms with E-state index in [9.17, 15) is 0 Å². The first-order valence-corrected chi connectivity index (χ1v) is 11.4. The Morgan fingerprint density at radius 2 is 1.91 bits per heavy atom. The van der Waals surface area contributed by atoms with Gasteiger partial charge in [-0.25, -0.2) is 9.97 Å². The number of nitrogens with zero attached hydrogens (tertiary/aromatic N) is 4. The Hall–Kier alpha value is -3.20. The molecule has 0 bridgehead atoms. The number of fused-ring (bicyclic) bond motifs is 1. The molecule has 0 atom stereocenters. The first-order valence-electron chi connectivity index (χ1n) is 10.9. The largest absolute Gasteiger partial charge is 0.378 e. The quantitative estimate of drug-likeness (QED) is 0.316. The van der Waals surface area contributed by atoms with E-state index in [0.29, 0.717) is 32.3 Å². The fourth-order valence-electron chi connectivity index (χ4n) is 3.83. The van der Waals surface area contributed by atoms with Gasteiger partial charge < -0.3 is 14.4 Å². The van der Waals surface area contributed by atoms with Crippen LogP contribution in [0, 0.1) is 0 Å². The predicted octanol–water partition coefficient (Wildman–Crippen LogP) is 4.38. The van der Waals surface area contributed by atoms with Crippen molar-refractivity contribution < 1.29 is 9.47 Å². The molecule has 168 valence electrons. The molecule has 1 saturated heterocycles. The third kappa shape index (κ3) is 4.93. The van der Waals surface area contributed by atoms with Crippen molar-refractivity contribution in [2.45, 2.75) is 11.5 Å². The standard InChI is InChI=1S/C25H25N5O2S/c33-23-22(10-5-13-32-17-18-6-2-1-3-7-18)27-24(28-25(23)30-11-14-31-15-12-30)19-8-4-9-21-20(19)16-26-29-21/h1-10,16,33H,11-15,17H2,(H,26,29)/b10-5+. The minimum atomic E-state index is 0.478. The zero-order valence-corrected chi connectivity index (χ0v) is 19.0. The molecule has 2 aromatic heterocycles. The molecule has 2 aromatic carbocycles. The molecule has 0 unspecified atom stereocenters. The lowest BCUT2D eigenvalue weighted by molar-refractivity contribution is 0.122. The van der Waals surface area contributed by atoms with E-state index in [2.05, 4.69) is 27.2 Å². The van der Waals surface area contributed by atoms with E-state index < -0.39 is 0 Å². The molecule has 8 heteroatoms. The number of benzene rings is 2. The van der Waals surface area contributed by atoms with Gasteiger partial charge in [0.15, 0.2) is 5.82 Å². The Kier molecular flexibility index (Phi) is 6.66. The Balaban J connectivity index is 1.44. The summed E-state index contributed by atoms with van der Waals surface area (Å²) in [5.41, 5.74) is 3.78. The van der Waals surface area contributed by atoms with Crippen LogP contribution in [0.2, 0.25) is 0 Å². The Labute approximate surface area is 197 Å².